The number of benzene rings is 2. The van der Waals surface area contributed by atoms with E-state index in [2.05, 4.69) is 4.74 Å². The maximum atomic E-state index is 12.3. The molecule has 2 aromatic carbocycles. The molecule has 2 rings (SSSR count). The van der Waals surface area contributed by atoms with E-state index in [1.54, 1.807) is 30.3 Å². The summed E-state index contributed by atoms with van der Waals surface area (Å²) in [5.41, 5.74) is 0.601. The molecule has 0 aliphatic heterocycles. The SMILES string of the molecule is N#Cc1ccccc1OCC(=O)OCc1ccccc1OC(F)F. The van der Waals surface area contributed by atoms with Crippen molar-refractivity contribution in [1.82, 2.24) is 0 Å². The average molecular weight is 333 g/mol. The Hall–Kier alpha value is -3.14. The van der Waals surface area contributed by atoms with Gasteiger partial charge in [-0.25, -0.2) is 4.79 Å². The number of hydrogen-bond donors (Lipinski definition) is 0. The van der Waals surface area contributed by atoms with Crippen LogP contribution in [0.1, 0.15) is 11.1 Å². The third kappa shape index (κ3) is 4.95. The van der Waals surface area contributed by atoms with Crippen LogP contribution in [-0.4, -0.2) is 19.2 Å². The minimum absolute atomic E-state index is 0.0592. The Bertz CT molecular complexity index is 743. The Balaban J connectivity index is 1.89. The second kappa shape index (κ2) is 8.48. The number of nitrogens with zero attached hydrogens (tertiary/aromatic N) is 1. The molecule has 0 heterocycles. The predicted molar refractivity (Wildman–Crippen MR) is 79.5 cm³/mol. The fourth-order valence-electron chi connectivity index (χ4n) is 1.86. The van der Waals surface area contributed by atoms with Crippen molar-refractivity contribution in [3.8, 4) is 17.6 Å². The van der Waals surface area contributed by atoms with Crippen LogP contribution in [0, 0.1) is 11.3 Å². The van der Waals surface area contributed by atoms with Crippen molar-refractivity contribution in [2.45, 2.75) is 13.2 Å². The number of esters is 1. The molecule has 0 N–H and O–H groups in total. The summed E-state index contributed by atoms with van der Waals surface area (Å²) in [5.74, 6) is -0.496. The summed E-state index contributed by atoms with van der Waals surface area (Å²) in [6.07, 6.45) is 0. The molecule has 0 saturated heterocycles. The summed E-state index contributed by atoms with van der Waals surface area (Å²) >= 11 is 0. The second-order valence-electron chi connectivity index (χ2n) is 4.54. The molecule has 24 heavy (non-hydrogen) atoms. The van der Waals surface area contributed by atoms with Crippen LogP contribution in [0.25, 0.3) is 0 Å². The van der Waals surface area contributed by atoms with Gasteiger partial charge in [-0.2, -0.15) is 14.0 Å². The Labute approximate surface area is 137 Å². The molecule has 0 bridgehead atoms. The molecule has 0 radical (unpaired) electrons. The molecule has 0 fully saturated rings. The lowest BCUT2D eigenvalue weighted by Crippen LogP contribution is -2.15. The highest BCUT2D eigenvalue weighted by Crippen LogP contribution is 2.21. The van der Waals surface area contributed by atoms with Crippen LogP contribution in [0.4, 0.5) is 8.78 Å². The van der Waals surface area contributed by atoms with E-state index >= 15 is 0 Å². The van der Waals surface area contributed by atoms with Crippen LogP contribution in [0.3, 0.4) is 0 Å². The number of ether oxygens (including phenoxy) is 3. The molecule has 7 heteroatoms. The zero-order valence-corrected chi connectivity index (χ0v) is 12.4. The summed E-state index contributed by atoms with van der Waals surface area (Å²) in [5, 5.41) is 8.92. The van der Waals surface area contributed by atoms with Gasteiger partial charge in [-0.05, 0) is 18.2 Å². The van der Waals surface area contributed by atoms with Gasteiger partial charge in [0.15, 0.2) is 6.61 Å². The first-order valence-corrected chi connectivity index (χ1v) is 6.90. The maximum Gasteiger partial charge on any atom is 0.387 e. The Morgan fingerprint density at radius 1 is 1.08 bits per heavy atom. The van der Waals surface area contributed by atoms with E-state index in [-0.39, 0.29) is 18.1 Å². The van der Waals surface area contributed by atoms with Crippen LogP contribution >= 0.6 is 0 Å². The standard InChI is InChI=1S/C17H13F2NO4/c18-17(19)24-15-8-4-2-6-13(15)10-23-16(21)11-22-14-7-3-1-5-12(14)9-20/h1-8,17H,10-11H2. The third-order valence-corrected chi connectivity index (χ3v) is 2.93. The average Bonchev–Trinajstić information content (AvgIpc) is 2.59. The van der Waals surface area contributed by atoms with E-state index in [1.807, 2.05) is 6.07 Å². The van der Waals surface area contributed by atoms with Crippen molar-refractivity contribution in [2.24, 2.45) is 0 Å². The summed E-state index contributed by atoms with van der Waals surface area (Å²) in [7, 11) is 0. The molecule has 5 nitrogen and oxygen atoms in total. The lowest BCUT2D eigenvalue weighted by Gasteiger charge is -2.11. The summed E-state index contributed by atoms with van der Waals surface area (Å²) < 4.78 is 39.1. The molecular formula is C17H13F2NO4. The lowest BCUT2D eigenvalue weighted by molar-refractivity contribution is -0.147. The number of hydrogen-bond acceptors (Lipinski definition) is 5. The Morgan fingerprint density at radius 3 is 2.46 bits per heavy atom. The molecule has 124 valence electrons. The van der Waals surface area contributed by atoms with Gasteiger partial charge in [0.25, 0.3) is 0 Å². The monoisotopic (exact) mass is 333 g/mol. The van der Waals surface area contributed by atoms with Gasteiger partial charge >= 0.3 is 12.6 Å². The van der Waals surface area contributed by atoms with Gasteiger partial charge in [0, 0.05) is 5.56 Å². The third-order valence-electron chi connectivity index (χ3n) is 2.93. The van der Waals surface area contributed by atoms with Gasteiger partial charge in [0.1, 0.15) is 24.2 Å². The van der Waals surface area contributed by atoms with Crippen molar-refractivity contribution in [3.63, 3.8) is 0 Å². The molecule has 0 atom stereocenters. The molecule has 0 unspecified atom stereocenters. The van der Waals surface area contributed by atoms with Crippen LogP contribution < -0.4 is 9.47 Å². The first kappa shape index (κ1) is 17.2. The van der Waals surface area contributed by atoms with E-state index in [0.29, 0.717) is 11.1 Å². The zero-order chi connectivity index (χ0) is 17.4. The van der Waals surface area contributed by atoms with E-state index in [9.17, 15) is 13.6 Å². The van der Waals surface area contributed by atoms with E-state index < -0.39 is 19.2 Å². The van der Waals surface area contributed by atoms with Crippen molar-refractivity contribution in [1.29, 1.82) is 5.26 Å². The topological polar surface area (TPSA) is 68.5 Å². The second-order valence-corrected chi connectivity index (χ2v) is 4.54. The zero-order valence-electron chi connectivity index (χ0n) is 12.4. The van der Waals surface area contributed by atoms with E-state index in [1.165, 1.54) is 18.2 Å². The smallest absolute Gasteiger partial charge is 0.387 e. The largest absolute Gasteiger partial charge is 0.481 e. The van der Waals surface area contributed by atoms with Gasteiger partial charge in [0.05, 0.1) is 5.56 Å². The maximum absolute atomic E-state index is 12.3. The first-order valence-electron chi connectivity index (χ1n) is 6.90. The van der Waals surface area contributed by atoms with E-state index in [0.717, 1.165) is 0 Å². The van der Waals surface area contributed by atoms with Crippen molar-refractivity contribution >= 4 is 5.97 Å². The number of para-hydroxylation sites is 2. The first-order chi connectivity index (χ1) is 11.6. The number of nitriles is 1. The van der Waals surface area contributed by atoms with Crippen LogP contribution in [-0.2, 0) is 16.1 Å². The number of halogens is 2. The molecule has 0 amide bonds. The molecule has 0 aliphatic carbocycles. The molecule has 0 spiro atoms. The fourth-order valence-corrected chi connectivity index (χ4v) is 1.86. The summed E-state index contributed by atoms with van der Waals surface area (Å²) in [6, 6.07) is 14.4. The summed E-state index contributed by atoms with van der Waals surface area (Å²) in [6.45, 7) is -3.60. The molecule has 0 saturated carbocycles. The van der Waals surface area contributed by atoms with Crippen LogP contribution in [0.5, 0.6) is 11.5 Å². The predicted octanol–water partition coefficient (Wildman–Crippen LogP) is 3.28. The highest BCUT2D eigenvalue weighted by molar-refractivity contribution is 5.71. The minimum atomic E-state index is -2.97. The Kier molecular flexibility index (Phi) is 6.08. The normalized spacial score (nSPS) is 10.1. The van der Waals surface area contributed by atoms with Crippen molar-refractivity contribution in [2.75, 3.05) is 6.61 Å². The molecular weight excluding hydrogens is 320 g/mol. The van der Waals surface area contributed by atoms with Gasteiger partial charge in [0.2, 0.25) is 0 Å². The number of carbonyl (C=O) groups is 1. The van der Waals surface area contributed by atoms with Crippen molar-refractivity contribution in [3.05, 3.63) is 59.7 Å². The molecule has 0 aliphatic rings. The quantitative estimate of drug-likeness (QED) is 0.727. The highest BCUT2D eigenvalue weighted by atomic mass is 19.3. The number of carbonyl (C=O) groups excluding carboxylic acids is 1. The molecule has 2 aromatic rings. The summed E-state index contributed by atoms with van der Waals surface area (Å²) in [4.78, 5) is 11.7. The highest BCUT2D eigenvalue weighted by Gasteiger charge is 2.12. The van der Waals surface area contributed by atoms with Gasteiger partial charge in [-0.3, -0.25) is 0 Å². The Morgan fingerprint density at radius 2 is 1.75 bits per heavy atom. The van der Waals surface area contributed by atoms with E-state index in [4.69, 9.17) is 14.7 Å². The fraction of sp³-hybridized carbons (Fsp3) is 0.176. The number of alkyl halides is 2. The molecule has 0 aromatic heterocycles. The van der Waals surface area contributed by atoms with Crippen molar-refractivity contribution < 1.29 is 27.8 Å². The van der Waals surface area contributed by atoms with Gasteiger partial charge in [-0.1, -0.05) is 30.3 Å². The number of rotatable bonds is 7. The van der Waals surface area contributed by atoms with Gasteiger partial charge in [-0.15, -0.1) is 0 Å². The lowest BCUT2D eigenvalue weighted by atomic mass is 10.2. The van der Waals surface area contributed by atoms with Crippen LogP contribution in [0.15, 0.2) is 48.5 Å². The van der Waals surface area contributed by atoms with Gasteiger partial charge < -0.3 is 14.2 Å². The minimum Gasteiger partial charge on any atom is -0.481 e. The van der Waals surface area contributed by atoms with Crippen LogP contribution in [0.2, 0.25) is 0 Å².